The number of para-hydroxylation sites is 1. The first kappa shape index (κ1) is 23.3. The van der Waals surface area contributed by atoms with E-state index in [1.165, 1.54) is 57.7 Å². The highest BCUT2D eigenvalue weighted by Crippen LogP contribution is 2.28. The Morgan fingerprint density at radius 2 is 1.48 bits per heavy atom. The molecule has 0 aliphatic heterocycles. The second-order valence-corrected chi connectivity index (χ2v) is 6.78. The standard InChI is InChI=1S/C25H23FN2O5/c1-31-21-7-5-4-6-16(21)14-20(25(30)27-19-11-9-18(26)10-12-19)28-24(29)17-8-13-22(32-2)23(15-17)33-3/h4-15H,1-3H3,(H,27,30)(H,28,29)/b20-14+. The van der Waals surface area contributed by atoms with Gasteiger partial charge >= 0.3 is 0 Å². The summed E-state index contributed by atoms with van der Waals surface area (Å²) in [7, 11) is 4.46. The molecule has 0 saturated heterocycles. The lowest BCUT2D eigenvalue weighted by Crippen LogP contribution is -2.30. The topological polar surface area (TPSA) is 85.9 Å². The predicted molar refractivity (Wildman–Crippen MR) is 123 cm³/mol. The molecule has 0 saturated carbocycles. The largest absolute Gasteiger partial charge is 0.496 e. The Labute approximate surface area is 190 Å². The maximum absolute atomic E-state index is 13.2. The van der Waals surface area contributed by atoms with Crippen LogP contribution in [-0.4, -0.2) is 33.1 Å². The Morgan fingerprint density at radius 3 is 2.15 bits per heavy atom. The van der Waals surface area contributed by atoms with Crippen molar-refractivity contribution in [1.29, 1.82) is 0 Å². The first-order chi connectivity index (χ1) is 15.9. The first-order valence-electron chi connectivity index (χ1n) is 9.90. The molecule has 0 fully saturated rings. The Morgan fingerprint density at radius 1 is 0.818 bits per heavy atom. The number of amides is 2. The van der Waals surface area contributed by atoms with Gasteiger partial charge in [-0.05, 0) is 54.6 Å². The number of hydrogen-bond acceptors (Lipinski definition) is 5. The highest BCUT2D eigenvalue weighted by Gasteiger charge is 2.17. The zero-order valence-electron chi connectivity index (χ0n) is 18.3. The maximum Gasteiger partial charge on any atom is 0.272 e. The van der Waals surface area contributed by atoms with Crippen LogP contribution in [0.5, 0.6) is 17.2 Å². The summed E-state index contributed by atoms with van der Waals surface area (Å²) in [5.41, 5.74) is 1.17. The number of anilines is 1. The van der Waals surface area contributed by atoms with Crippen molar-refractivity contribution in [2.45, 2.75) is 0 Å². The fourth-order valence-corrected chi connectivity index (χ4v) is 3.00. The second-order valence-electron chi connectivity index (χ2n) is 6.78. The molecule has 0 aliphatic rings. The Kier molecular flexibility index (Phi) is 7.64. The van der Waals surface area contributed by atoms with Crippen LogP contribution >= 0.6 is 0 Å². The third-order valence-electron chi connectivity index (χ3n) is 4.68. The van der Waals surface area contributed by atoms with Crippen LogP contribution in [0.1, 0.15) is 15.9 Å². The van der Waals surface area contributed by atoms with Crippen molar-refractivity contribution in [2.75, 3.05) is 26.6 Å². The van der Waals surface area contributed by atoms with E-state index >= 15 is 0 Å². The molecular formula is C25H23FN2O5. The number of carbonyl (C=O) groups excluding carboxylic acids is 2. The van der Waals surface area contributed by atoms with Gasteiger partial charge < -0.3 is 24.8 Å². The molecule has 3 aromatic rings. The lowest BCUT2D eigenvalue weighted by molar-refractivity contribution is -0.113. The van der Waals surface area contributed by atoms with E-state index in [0.717, 1.165) is 0 Å². The molecule has 0 atom stereocenters. The van der Waals surface area contributed by atoms with Gasteiger partial charge in [-0.15, -0.1) is 0 Å². The smallest absolute Gasteiger partial charge is 0.272 e. The zero-order chi connectivity index (χ0) is 23.8. The van der Waals surface area contributed by atoms with Crippen molar-refractivity contribution in [2.24, 2.45) is 0 Å². The van der Waals surface area contributed by atoms with Gasteiger partial charge in [0.1, 0.15) is 17.3 Å². The molecule has 0 spiro atoms. The molecule has 2 N–H and O–H groups in total. The first-order valence-corrected chi connectivity index (χ1v) is 9.90. The monoisotopic (exact) mass is 450 g/mol. The average Bonchev–Trinajstić information content (AvgIpc) is 2.84. The number of methoxy groups -OCH3 is 3. The molecule has 3 aromatic carbocycles. The molecule has 33 heavy (non-hydrogen) atoms. The summed E-state index contributed by atoms with van der Waals surface area (Å²) in [4.78, 5) is 26.0. The third kappa shape index (κ3) is 5.88. The van der Waals surface area contributed by atoms with Gasteiger partial charge in [0.2, 0.25) is 0 Å². The van der Waals surface area contributed by atoms with Crippen LogP contribution in [0, 0.1) is 5.82 Å². The molecule has 2 amide bonds. The lowest BCUT2D eigenvalue weighted by Gasteiger charge is -2.13. The van der Waals surface area contributed by atoms with Gasteiger partial charge in [-0.25, -0.2) is 4.39 Å². The second kappa shape index (κ2) is 10.8. The summed E-state index contributed by atoms with van der Waals surface area (Å²) >= 11 is 0. The Bertz CT molecular complexity index is 1180. The number of ether oxygens (including phenoxy) is 3. The normalized spacial score (nSPS) is 10.8. The van der Waals surface area contributed by atoms with Crippen molar-refractivity contribution in [1.82, 2.24) is 5.32 Å². The van der Waals surface area contributed by atoms with E-state index in [1.807, 2.05) is 0 Å². The van der Waals surface area contributed by atoms with Gasteiger partial charge in [0.15, 0.2) is 11.5 Å². The van der Waals surface area contributed by atoms with Gasteiger partial charge in [0.25, 0.3) is 11.8 Å². The number of carbonyl (C=O) groups is 2. The Hall–Kier alpha value is -4.33. The molecule has 0 unspecified atom stereocenters. The number of rotatable bonds is 8. The van der Waals surface area contributed by atoms with E-state index in [1.54, 1.807) is 36.4 Å². The van der Waals surface area contributed by atoms with E-state index in [-0.39, 0.29) is 11.3 Å². The van der Waals surface area contributed by atoms with Crippen molar-refractivity contribution in [3.8, 4) is 17.2 Å². The summed E-state index contributed by atoms with van der Waals surface area (Å²) in [5.74, 6) is -0.207. The highest BCUT2D eigenvalue weighted by atomic mass is 19.1. The van der Waals surface area contributed by atoms with E-state index in [2.05, 4.69) is 10.6 Å². The molecule has 3 rings (SSSR count). The quantitative estimate of drug-likeness (QED) is 0.501. The van der Waals surface area contributed by atoms with Crippen LogP contribution in [0.2, 0.25) is 0 Å². The van der Waals surface area contributed by atoms with Gasteiger partial charge in [-0.1, -0.05) is 18.2 Å². The summed E-state index contributed by atoms with van der Waals surface area (Å²) in [6, 6.07) is 17.0. The van der Waals surface area contributed by atoms with Crippen molar-refractivity contribution in [3.63, 3.8) is 0 Å². The van der Waals surface area contributed by atoms with Crippen molar-refractivity contribution >= 4 is 23.6 Å². The van der Waals surface area contributed by atoms with E-state index in [9.17, 15) is 14.0 Å². The van der Waals surface area contributed by atoms with Crippen LogP contribution in [0.3, 0.4) is 0 Å². The van der Waals surface area contributed by atoms with Gasteiger partial charge in [-0.2, -0.15) is 0 Å². The zero-order valence-corrected chi connectivity index (χ0v) is 18.3. The number of hydrogen-bond donors (Lipinski definition) is 2. The minimum atomic E-state index is -0.596. The molecular weight excluding hydrogens is 427 g/mol. The SMILES string of the molecule is COc1ccccc1/C=C(/NC(=O)c1ccc(OC)c(OC)c1)C(=O)Nc1ccc(F)cc1. The molecule has 0 aromatic heterocycles. The number of benzene rings is 3. The lowest BCUT2D eigenvalue weighted by atomic mass is 10.1. The van der Waals surface area contributed by atoms with E-state index in [0.29, 0.717) is 28.5 Å². The highest BCUT2D eigenvalue weighted by molar-refractivity contribution is 6.10. The molecule has 0 heterocycles. The van der Waals surface area contributed by atoms with Crippen LogP contribution < -0.4 is 24.8 Å². The maximum atomic E-state index is 13.2. The summed E-state index contributed by atoms with van der Waals surface area (Å²) in [6.07, 6.45) is 1.50. The summed E-state index contributed by atoms with van der Waals surface area (Å²) in [5, 5.41) is 5.29. The fraction of sp³-hybridized carbons (Fsp3) is 0.120. The molecule has 0 bridgehead atoms. The molecule has 8 heteroatoms. The predicted octanol–water partition coefficient (Wildman–Crippen LogP) is 4.26. The van der Waals surface area contributed by atoms with E-state index in [4.69, 9.17) is 14.2 Å². The average molecular weight is 450 g/mol. The molecule has 0 radical (unpaired) electrons. The minimum Gasteiger partial charge on any atom is -0.496 e. The molecule has 7 nitrogen and oxygen atoms in total. The van der Waals surface area contributed by atoms with Gasteiger partial charge in [0, 0.05) is 16.8 Å². The Balaban J connectivity index is 1.94. The summed E-state index contributed by atoms with van der Waals surface area (Å²) in [6.45, 7) is 0. The van der Waals surface area contributed by atoms with Gasteiger partial charge in [-0.3, -0.25) is 9.59 Å². The summed E-state index contributed by atoms with van der Waals surface area (Å²) < 4.78 is 29.0. The van der Waals surface area contributed by atoms with Crippen LogP contribution in [0.4, 0.5) is 10.1 Å². The molecule has 170 valence electrons. The van der Waals surface area contributed by atoms with Crippen molar-refractivity contribution in [3.05, 3.63) is 89.4 Å². The van der Waals surface area contributed by atoms with Crippen LogP contribution in [-0.2, 0) is 4.79 Å². The van der Waals surface area contributed by atoms with Crippen molar-refractivity contribution < 1.29 is 28.2 Å². The van der Waals surface area contributed by atoms with E-state index < -0.39 is 17.6 Å². The minimum absolute atomic E-state index is 0.0383. The number of nitrogens with one attached hydrogen (secondary N) is 2. The van der Waals surface area contributed by atoms with Crippen LogP contribution in [0.15, 0.2) is 72.4 Å². The van der Waals surface area contributed by atoms with Gasteiger partial charge in [0.05, 0.1) is 21.3 Å². The third-order valence-corrected chi connectivity index (χ3v) is 4.68. The fourth-order valence-electron chi connectivity index (χ4n) is 3.00. The molecule has 0 aliphatic carbocycles. The number of halogens is 1. The van der Waals surface area contributed by atoms with Crippen LogP contribution in [0.25, 0.3) is 6.08 Å².